The lowest BCUT2D eigenvalue weighted by Crippen LogP contribution is -2.43. The van der Waals surface area contributed by atoms with Gasteiger partial charge in [-0.05, 0) is 24.7 Å². The first-order valence-corrected chi connectivity index (χ1v) is 6.32. The fraction of sp³-hybridized carbons (Fsp3) is 0.917. The highest BCUT2D eigenvalue weighted by molar-refractivity contribution is 5.72. The van der Waals surface area contributed by atoms with Gasteiger partial charge in [-0.25, -0.2) is 4.79 Å². The van der Waals surface area contributed by atoms with Gasteiger partial charge in [-0.3, -0.25) is 0 Å². The third-order valence-corrected chi connectivity index (χ3v) is 4.17. The molecule has 2 N–H and O–H groups in total. The highest BCUT2D eigenvalue weighted by Gasteiger charge is 2.28. The molecule has 86 valence electrons. The van der Waals surface area contributed by atoms with Crippen LogP contribution in [0.3, 0.4) is 0 Å². The fourth-order valence-corrected chi connectivity index (χ4v) is 3.20. The molecule has 2 aliphatic rings. The summed E-state index contributed by atoms with van der Waals surface area (Å²) in [4.78, 5) is 12.8. The van der Waals surface area contributed by atoms with E-state index in [1.165, 1.54) is 44.9 Å². The molecule has 2 fully saturated rings. The molecule has 1 heterocycles. The Morgan fingerprint density at radius 2 is 1.47 bits per heavy atom. The van der Waals surface area contributed by atoms with Crippen LogP contribution in [0.1, 0.15) is 44.9 Å². The van der Waals surface area contributed by atoms with Crippen molar-refractivity contribution in [3.05, 3.63) is 0 Å². The maximum absolute atomic E-state index is 11.0. The Balaban J connectivity index is 1.79. The van der Waals surface area contributed by atoms with Gasteiger partial charge in [0, 0.05) is 13.1 Å². The Labute approximate surface area is 92.0 Å². The van der Waals surface area contributed by atoms with Crippen LogP contribution in [0.25, 0.3) is 0 Å². The van der Waals surface area contributed by atoms with Crippen molar-refractivity contribution < 1.29 is 4.79 Å². The molecular weight excluding hydrogens is 188 g/mol. The van der Waals surface area contributed by atoms with E-state index in [9.17, 15) is 4.79 Å². The Morgan fingerprint density at radius 3 is 2.00 bits per heavy atom. The molecule has 2 rings (SSSR count). The number of nitrogens with two attached hydrogens (primary N) is 1. The summed E-state index contributed by atoms with van der Waals surface area (Å²) in [6.45, 7) is 1.77. The molecule has 1 aliphatic heterocycles. The highest BCUT2D eigenvalue weighted by atomic mass is 16.2. The second-order valence-electron chi connectivity index (χ2n) is 5.06. The van der Waals surface area contributed by atoms with Gasteiger partial charge in [0.05, 0.1) is 0 Å². The smallest absolute Gasteiger partial charge is 0.314 e. The van der Waals surface area contributed by atoms with Crippen LogP contribution >= 0.6 is 0 Å². The van der Waals surface area contributed by atoms with Crippen LogP contribution in [-0.2, 0) is 0 Å². The van der Waals surface area contributed by atoms with Gasteiger partial charge in [-0.1, -0.05) is 32.1 Å². The molecule has 0 aromatic rings. The summed E-state index contributed by atoms with van der Waals surface area (Å²) in [5, 5.41) is 0. The van der Waals surface area contributed by atoms with Crippen LogP contribution in [0.2, 0.25) is 0 Å². The summed E-state index contributed by atoms with van der Waals surface area (Å²) in [6.07, 6.45) is 9.45. The van der Waals surface area contributed by atoms with Gasteiger partial charge in [0.2, 0.25) is 0 Å². The van der Waals surface area contributed by atoms with Crippen LogP contribution in [0, 0.1) is 11.8 Å². The lowest BCUT2D eigenvalue weighted by Gasteiger charge is -2.37. The van der Waals surface area contributed by atoms with Gasteiger partial charge in [0.25, 0.3) is 0 Å². The van der Waals surface area contributed by atoms with Crippen molar-refractivity contribution in [3.63, 3.8) is 0 Å². The van der Waals surface area contributed by atoms with Gasteiger partial charge in [-0.2, -0.15) is 0 Å². The van der Waals surface area contributed by atoms with Gasteiger partial charge in [0.1, 0.15) is 0 Å². The number of carbonyl (C=O) groups excluding carboxylic acids is 1. The molecular formula is C12H22N2O. The molecule has 1 saturated carbocycles. The quantitative estimate of drug-likeness (QED) is 0.709. The lowest BCUT2D eigenvalue weighted by molar-refractivity contribution is 0.139. The van der Waals surface area contributed by atoms with E-state index in [-0.39, 0.29) is 6.03 Å². The Kier molecular flexibility index (Phi) is 3.49. The zero-order valence-corrected chi connectivity index (χ0v) is 9.45. The first-order valence-electron chi connectivity index (χ1n) is 6.32. The van der Waals surface area contributed by atoms with E-state index in [0.29, 0.717) is 0 Å². The van der Waals surface area contributed by atoms with Gasteiger partial charge in [-0.15, -0.1) is 0 Å². The number of rotatable bonds is 1. The molecule has 1 saturated heterocycles. The second kappa shape index (κ2) is 4.86. The van der Waals surface area contributed by atoms with E-state index < -0.39 is 0 Å². The largest absolute Gasteiger partial charge is 0.351 e. The minimum absolute atomic E-state index is 0.239. The maximum Gasteiger partial charge on any atom is 0.314 e. The van der Waals surface area contributed by atoms with E-state index in [0.717, 1.165) is 24.9 Å². The van der Waals surface area contributed by atoms with Crippen molar-refractivity contribution in [2.75, 3.05) is 13.1 Å². The number of piperidine rings is 1. The number of nitrogens with zero attached hydrogens (tertiary/aromatic N) is 1. The minimum Gasteiger partial charge on any atom is -0.351 e. The van der Waals surface area contributed by atoms with Crippen LogP contribution in [0.4, 0.5) is 4.79 Å². The predicted octanol–water partition coefficient (Wildman–Crippen LogP) is 2.36. The zero-order valence-electron chi connectivity index (χ0n) is 9.45. The first-order chi connectivity index (χ1) is 7.27. The van der Waals surface area contributed by atoms with Crippen LogP contribution in [-0.4, -0.2) is 24.0 Å². The number of amides is 2. The second-order valence-corrected chi connectivity index (χ2v) is 5.06. The average Bonchev–Trinajstić information content (AvgIpc) is 2.30. The van der Waals surface area contributed by atoms with Crippen LogP contribution < -0.4 is 5.73 Å². The van der Waals surface area contributed by atoms with E-state index in [4.69, 9.17) is 5.73 Å². The topological polar surface area (TPSA) is 46.3 Å². The number of urea groups is 1. The van der Waals surface area contributed by atoms with Crippen molar-refractivity contribution in [2.45, 2.75) is 44.9 Å². The highest BCUT2D eigenvalue weighted by Crippen LogP contribution is 2.35. The molecule has 3 nitrogen and oxygen atoms in total. The molecule has 15 heavy (non-hydrogen) atoms. The molecule has 1 aliphatic carbocycles. The first kappa shape index (κ1) is 10.8. The lowest BCUT2D eigenvalue weighted by atomic mass is 9.76. The molecule has 0 bridgehead atoms. The molecule has 0 spiro atoms. The summed E-state index contributed by atoms with van der Waals surface area (Å²) < 4.78 is 0. The third kappa shape index (κ3) is 2.64. The molecule has 3 heteroatoms. The number of carbonyl (C=O) groups is 1. The number of primary amides is 1. The maximum atomic E-state index is 11.0. The monoisotopic (exact) mass is 210 g/mol. The average molecular weight is 210 g/mol. The molecule has 2 amide bonds. The van der Waals surface area contributed by atoms with Crippen molar-refractivity contribution >= 4 is 6.03 Å². The predicted molar refractivity (Wildman–Crippen MR) is 60.5 cm³/mol. The minimum atomic E-state index is -0.239. The van der Waals surface area contributed by atoms with Crippen molar-refractivity contribution in [1.29, 1.82) is 0 Å². The molecule has 0 radical (unpaired) electrons. The number of likely N-dealkylation sites (tertiary alicyclic amines) is 1. The molecule has 0 unspecified atom stereocenters. The van der Waals surface area contributed by atoms with Gasteiger partial charge >= 0.3 is 6.03 Å². The normalized spacial score (nSPS) is 25.5. The standard InChI is InChI=1S/C12H22N2O/c13-12(15)14-8-6-11(7-9-14)10-4-2-1-3-5-10/h10-11H,1-9H2,(H2,13,15). The van der Waals surface area contributed by atoms with Crippen LogP contribution in [0.15, 0.2) is 0 Å². The van der Waals surface area contributed by atoms with E-state index in [2.05, 4.69) is 0 Å². The number of hydrogen-bond donors (Lipinski definition) is 1. The Morgan fingerprint density at radius 1 is 0.933 bits per heavy atom. The molecule has 0 aromatic heterocycles. The molecule has 0 aromatic carbocycles. The molecule has 0 atom stereocenters. The summed E-state index contributed by atoms with van der Waals surface area (Å²) in [5.74, 6) is 1.80. The van der Waals surface area contributed by atoms with E-state index >= 15 is 0 Å². The van der Waals surface area contributed by atoms with E-state index in [1.807, 2.05) is 0 Å². The van der Waals surface area contributed by atoms with Gasteiger partial charge in [0.15, 0.2) is 0 Å². The van der Waals surface area contributed by atoms with E-state index in [1.54, 1.807) is 4.90 Å². The fourth-order valence-electron chi connectivity index (χ4n) is 3.20. The summed E-state index contributed by atoms with van der Waals surface area (Å²) in [6, 6.07) is -0.239. The van der Waals surface area contributed by atoms with Crippen molar-refractivity contribution in [3.8, 4) is 0 Å². The Hall–Kier alpha value is -0.730. The SMILES string of the molecule is NC(=O)N1CCC(C2CCCCC2)CC1. The summed E-state index contributed by atoms with van der Waals surface area (Å²) >= 11 is 0. The Bertz CT molecular complexity index is 216. The van der Waals surface area contributed by atoms with Gasteiger partial charge < -0.3 is 10.6 Å². The zero-order chi connectivity index (χ0) is 10.7. The summed E-state index contributed by atoms with van der Waals surface area (Å²) in [7, 11) is 0. The third-order valence-electron chi connectivity index (χ3n) is 4.17. The van der Waals surface area contributed by atoms with Crippen LogP contribution in [0.5, 0.6) is 0 Å². The van der Waals surface area contributed by atoms with Crippen molar-refractivity contribution in [1.82, 2.24) is 4.90 Å². The number of hydrogen-bond acceptors (Lipinski definition) is 1. The summed E-state index contributed by atoms with van der Waals surface area (Å²) in [5.41, 5.74) is 5.28. The van der Waals surface area contributed by atoms with Crippen molar-refractivity contribution in [2.24, 2.45) is 17.6 Å².